The molecule has 112 valence electrons. The smallest absolute Gasteiger partial charge is 0.294 e. The number of nitro groups is 1. The molecule has 0 unspecified atom stereocenters. The van der Waals surface area contributed by atoms with Crippen molar-refractivity contribution in [3.8, 4) is 0 Å². The topological polar surface area (TPSA) is 82.2 Å². The van der Waals surface area contributed by atoms with Gasteiger partial charge in [0.1, 0.15) is 5.52 Å². The molecule has 1 heterocycles. The quantitative estimate of drug-likeness (QED) is 0.510. The van der Waals surface area contributed by atoms with Crippen LogP contribution in [0.4, 0.5) is 5.69 Å². The van der Waals surface area contributed by atoms with Gasteiger partial charge in [-0.25, -0.2) is 0 Å². The van der Waals surface area contributed by atoms with E-state index in [-0.39, 0.29) is 22.6 Å². The molecule has 4 rings (SSSR count). The molecule has 3 aromatic rings. The zero-order valence-corrected chi connectivity index (χ0v) is 12.1. The van der Waals surface area contributed by atoms with Gasteiger partial charge >= 0.3 is 0 Å². The molecule has 0 atom stereocenters. The molecule has 6 heteroatoms. The summed E-state index contributed by atoms with van der Waals surface area (Å²) in [4.78, 5) is 35.5. The molecular formula is C17H10N2O4. The molecule has 0 spiro atoms. The number of aromatic nitrogens is 1. The van der Waals surface area contributed by atoms with E-state index < -0.39 is 10.7 Å². The minimum atomic E-state index is -0.516. The van der Waals surface area contributed by atoms with Crippen molar-refractivity contribution >= 4 is 39.1 Å². The maximum atomic E-state index is 12.4. The summed E-state index contributed by atoms with van der Waals surface area (Å²) in [5.74, 6) is -0.701. The maximum Gasteiger partial charge on any atom is 0.294 e. The Kier molecular flexibility index (Phi) is 2.54. The molecule has 0 bridgehead atoms. The number of carbonyl (C=O) groups excluding carboxylic acids is 2. The van der Waals surface area contributed by atoms with E-state index in [0.717, 1.165) is 17.0 Å². The molecule has 1 aromatic heterocycles. The van der Waals surface area contributed by atoms with Gasteiger partial charge in [0.05, 0.1) is 4.92 Å². The van der Waals surface area contributed by atoms with Crippen LogP contribution in [0.2, 0.25) is 0 Å². The zero-order chi connectivity index (χ0) is 16.3. The van der Waals surface area contributed by atoms with Crippen LogP contribution in [0.25, 0.3) is 21.8 Å². The van der Waals surface area contributed by atoms with Gasteiger partial charge in [-0.2, -0.15) is 0 Å². The molecule has 0 saturated heterocycles. The van der Waals surface area contributed by atoms with Crippen LogP contribution < -0.4 is 0 Å². The third-order valence-corrected chi connectivity index (χ3v) is 4.24. The molecule has 1 aliphatic rings. The molecule has 23 heavy (non-hydrogen) atoms. The van der Waals surface area contributed by atoms with Gasteiger partial charge in [-0.3, -0.25) is 19.7 Å². The monoisotopic (exact) mass is 306 g/mol. The van der Waals surface area contributed by atoms with Crippen LogP contribution >= 0.6 is 0 Å². The number of carbonyl (C=O) groups is 2. The number of hydrogen-bond acceptors (Lipinski definition) is 4. The number of fused-ring (bicyclic) bond motifs is 5. The Hall–Kier alpha value is -3.28. The number of para-hydroxylation sites is 1. The predicted molar refractivity (Wildman–Crippen MR) is 84.9 cm³/mol. The van der Waals surface area contributed by atoms with Crippen molar-refractivity contribution in [3.05, 3.63) is 63.7 Å². The standard InChI is InChI=1S/C17H10N2O4/c1-18-11-5-3-2-4-9(11)16-15-10(13(20)6-7-14(15)21)8-12(17(16)18)19(22)23/h2-8H,1H3. The Morgan fingerprint density at radius 3 is 2.52 bits per heavy atom. The number of nitro benzene ring substituents is 1. The van der Waals surface area contributed by atoms with Gasteiger partial charge in [-0.1, -0.05) is 18.2 Å². The average molecular weight is 306 g/mol. The minimum absolute atomic E-state index is 0.0908. The molecule has 1 aliphatic carbocycles. The average Bonchev–Trinajstić information content (AvgIpc) is 2.84. The first-order valence-corrected chi connectivity index (χ1v) is 6.96. The Morgan fingerprint density at radius 1 is 1.09 bits per heavy atom. The lowest BCUT2D eigenvalue weighted by atomic mass is 9.90. The molecule has 0 saturated carbocycles. The van der Waals surface area contributed by atoms with Gasteiger partial charge in [-0.15, -0.1) is 0 Å². The van der Waals surface area contributed by atoms with Crippen LogP contribution in [-0.2, 0) is 7.05 Å². The van der Waals surface area contributed by atoms with Crippen molar-refractivity contribution < 1.29 is 14.5 Å². The van der Waals surface area contributed by atoms with Gasteiger partial charge in [-0.05, 0) is 18.2 Å². The van der Waals surface area contributed by atoms with E-state index in [2.05, 4.69) is 0 Å². The number of allylic oxidation sites excluding steroid dienone is 2. The Balaban J connectivity index is 2.36. The molecule has 6 nitrogen and oxygen atoms in total. The maximum absolute atomic E-state index is 12.4. The summed E-state index contributed by atoms with van der Waals surface area (Å²) in [6.07, 6.45) is 2.38. The molecule has 0 aliphatic heterocycles. The normalized spacial score (nSPS) is 13.8. The predicted octanol–water partition coefficient (Wildman–Crippen LogP) is 3.17. The summed E-state index contributed by atoms with van der Waals surface area (Å²) in [6.45, 7) is 0. The highest BCUT2D eigenvalue weighted by molar-refractivity contribution is 6.31. The second-order valence-corrected chi connectivity index (χ2v) is 5.44. The van der Waals surface area contributed by atoms with Crippen LogP contribution in [0.15, 0.2) is 42.5 Å². The van der Waals surface area contributed by atoms with Crippen LogP contribution in [-0.4, -0.2) is 21.1 Å². The van der Waals surface area contributed by atoms with Gasteiger partial charge in [0.25, 0.3) is 5.69 Å². The van der Waals surface area contributed by atoms with Crippen LogP contribution in [0, 0.1) is 10.1 Å². The Labute approximate surface area is 129 Å². The summed E-state index contributed by atoms with van der Waals surface area (Å²) >= 11 is 0. The van der Waals surface area contributed by atoms with Gasteiger partial charge < -0.3 is 4.57 Å². The summed E-state index contributed by atoms with van der Waals surface area (Å²) in [7, 11) is 1.72. The summed E-state index contributed by atoms with van der Waals surface area (Å²) in [5, 5.41) is 12.7. The SMILES string of the molecule is Cn1c2ccccc2c2c3c(cc([N+](=O)[O-])c21)C(=O)C=CC3=O. The third kappa shape index (κ3) is 1.63. The van der Waals surface area contributed by atoms with Gasteiger partial charge in [0, 0.05) is 40.5 Å². The highest BCUT2D eigenvalue weighted by Gasteiger charge is 2.30. The number of benzene rings is 2. The largest absolute Gasteiger partial charge is 0.338 e. The van der Waals surface area contributed by atoms with Crippen molar-refractivity contribution in [2.45, 2.75) is 0 Å². The van der Waals surface area contributed by atoms with Crippen LogP contribution in [0.5, 0.6) is 0 Å². The lowest BCUT2D eigenvalue weighted by Gasteiger charge is -2.11. The first-order chi connectivity index (χ1) is 11.0. The Bertz CT molecular complexity index is 1090. The second-order valence-electron chi connectivity index (χ2n) is 5.44. The van der Waals surface area contributed by atoms with Crippen molar-refractivity contribution in [3.63, 3.8) is 0 Å². The number of hydrogen-bond donors (Lipinski definition) is 0. The summed E-state index contributed by atoms with van der Waals surface area (Å²) < 4.78 is 1.69. The van der Waals surface area contributed by atoms with E-state index in [9.17, 15) is 19.7 Å². The molecule has 0 amide bonds. The Morgan fingerprint density at radius 2 is 1.78 bits per heavy atom. The van der Waals surface area contributed by atoms with Gasteiger partial charge in [0.2, 0.25) is 0 Å². The first-order valence-electron chi connectivity index (χ1n) is 6.96. The van der Waals surface area contributed by atoms with Crippen molar-refractivity contribution in [2.75, 3.05) is 0 Å². The molecule has 0 radical (unpaired) electrons. The zero-order valence-electron chi connectivity index (χ0n) is 12.1. The first kappa shape index (κ1) is 13.4. The number of non-ortho nitro benzene ring substituents is 1. The fourth-order valence-corrected chi connectivity index (χ4v) is 3.27. The fraction of sp³-hybridized carbons (Fsp3) is 0.0588. The van der Waals surface area contributed by atoms with Crippen molar-refractivity contribution in [2.24, 2.45) is 7.05 Å². The van der Waals surface area contributed by atoms with Crippen LogP contribution in [0.3, 0.4) is 0 Å². The van der Waals surface area contributed by atoms with E-state index in [0.29, 0.717) is 10.9 Å². The highest BCUT2D eigenvalue weighted by atomic mass is 16.6. The van der Waals surface area contributed by atoms with E-state index >= 15 is 0 Å². The van der Waals surface area contributed by atoms with E-state index in [1.807, 2.05) is 12.1 Å². The number of rotatable bonds is 1. The fourth-order valence-electron chi connectivity index (χ4n) is 3.27. The van der Waals surface area contributed by atoms with E-state index in [1.54, 1.807) is 23.7 Å². The summed E-state index contributed by atoms with van der Waals surface area (Å²) in [5.41, 5.74) is 1.29. The third-order valence-electron chi connectivity index (χ3n) is 4.24. The van der Waals surface area contributed by atoms with E-state index in [1.165, 1.54) is 12.1 Å². The van der Waals surface area contributed by atoms with Gasteiger partial charge in [0.15, 0.2) is 11.6 Å². The summed E-state index contributed by atoms with van der Waals surface area (Å²) in [6, 6.07) is 8.47. The number of nitrogens with zero attached hydrogens (tertiary/aromatic N) is 2. The van der Waals surface area contributed by atoms with E-state index in [4.69, 9.17) is 0 Å². The molecular weight excluding hydrogens is 296 g/mol. The number of aryl methyl sites for hydroxylation is 1. The molecule has 0 fully saturated rings. The lowest BCUT2D eigenvalue weighted by molar-refractivity contribution is -0.383. The lowest BCUT2D eigenvalue weighted by Crippen LogP contribution is -2.13. The second kappa shape index (κ2) is 4.36. The minimum Gasteiger partial charge on any atom is -0.338 e. The van der Waals surface area contributed by atoms with Crippen molar-refractivity contribution in [1.29, 1.82) is 0 Å². The van der Waals surface area contributed by atoms with Crippen molar-refractivity contribution in [1.82, 2.24) is 4.57 Å². The number of ketones is 2. The van der Waals surface area contributed by atoms with Crippen LogP contribution in [0.1, 0.15) is 20.7 Å². The molecule has 2 aromatic carbocycles. The highest BCUT2D eigenvalue weighted by Crippen LogP contribution is 2.39. The molecule has 0 N–H and O–H groups in total.